The van der Waals surface area contributed by atoms with Crippen molar-refractivity contribution in [2.24, 2.45) is 0 Å². The number of para-hydroxylation sites is 1. The van der Waals surface area contributed by atoms with Gasteiger partial charge in [0.05, 0.1) is 11.1 Å². The molecular weight excluding hydrogens is 268 g/mol. The Bertz CT molecular complexity index is 690. The Labute approximate surface area is 123 Å². The molecule has 2 aromatic rings. The molecule has 2 heterocycles. The zero-order valence-corrected chi connectivity index (χ0v) is 12.2. The Kier molecular flexibility index (Phi) is 3.69. The molecule has 0 aliphatic carbocycles. The first-order valence-corrected chi connectivity index (χ1v) is 7.29. The Hall–Kier alpha value is -1.85. The lowest BCUT2D eigenvalue weighted by atomic mass is 10.0. The minimum absolute atomic E-state index is 0.115. The van der Waals surface area contributed by atoms with Gasteiger partial charge in [-0.15, -0.1) is 0 Å². The monoisotopic (exact) mass is 288 g/mol. The van der Waals surface area contributed by atoms with E-state index in [1.54, 1.807) is 6.07 Å². The van der Waals surface area contributed by atoms with Crippen LogP contribution in [0.5, 0.6) is 0 Å². The SMILES string of the molecule is CN1CCc2c(c3cccc(C(=O)O)c3n2CCCO)C1. The fourth-order valence-electron chi connectivity index (χ4n) is 3.29. The number of carboxylic acids is 1. The van der Waals surface area contributed by atoms with Gasteiger partial charge in [-0.05, 0) is 25.1 Å². The lowest BCUT2D eigenvalue weighted by Crippen LogP contribution is -2.27. The highest BCUT2D eigenvalue weighted by Crippen LogP contribution is 2.32. The zero-order chi connectivity index (χ0) is 15.0. The van der Waals surface area contributed by atoms with Gasteiger partial charge in [-0.25, -0.2) is 4.79 Å². The molecule has 0 atom stereocenters. The van der Waals surface area contributed by atoms with Crippen LogP contribution in [0.1, 0.15) is 28.0 Å². The molecule has 0 saturated carbocycles. The number of hydrogen-bond donors (Lipinski definition) is 2. The first kappa shape index (κ1) is 14.1. The lowest BCUT2D eigenvalue weighted by Gasteiger charge is -2.24. The minimum Gasteiger partial charge on any atom is -0.478 e. The molecule has 2 N–H and O–H groups in total. The molecule has 1 aromatic carbocycles. The molecule has 0 amide bonds. The molecule has 0 spiro atoms. The molecular formula is C16H20N2O3. The zero-order valence-electron chi connectivity index (χ0n) is 12.2. The number of hydrogen-bond acceptors (Lipinski definition) is 3. The van der Waals surface area contributed by atoms with Gasteiger partial charge in [0, 0.05) is 43.7 Å². The number of rotatable bonds is 4. The van der Waals surface area contributed by atoms with Crippen LogP contribution in [0, 0.1) is 0 Å². The number of carbonyl (C=O) groups is 1. The summed E-state index contributed by atoms with van der Waals surface area (Å²) >= 11 is 0. The van der Waals surface area contributed by atoms with Crippen LogP contribution in [0.15, 0.2) is 18.2 Å². The van der Waals surface area contributed by atoms with Gasteiger partial charge < -0.3 is 19.7 Å². The highest BCUT2D eigenvalue weighted by Gasteiger charge is 2.24. The number of aromatic nitrogens is 1. The lowest BCUT2D eigenvalue weighted by molar-refractivity contribution is 0.0698. The maximum Gasteiger partial charge on any atom is 0.337 e. The maximum atomic E-state index is 11.5. The van der Waals surface area contributed by atoms with E-state index in [-0.39, 0.29) is 6.61 Å². The summed E-state index contributed by atoms with van der Waals surface area (Å²) in [5.74, 6) is -0.894. The van der Waals surface area contributed by atoms with Crippen LogP contribution >= 0.6 is 0 Å². The Morgan fingerprint density at radius 3 is 2.90 bits per heavy atom. The van der Waals surface area contributed by atoms with Gasteiger partial charge in [0.15, 0.2) is 0 Å². The smallest absolute Gasteiger partial charge is 0.337 e. The molecule has 5 heteroatoms. The number of aliphatic hydroxyl groups is 1. The molecule has 3 rings (SSSR count). The van der Waals surface area contributed by atoms with E-state index in [4.69, 9.17) is 5.11 Å². The summed E-state index contributed by atoms with van der Waals surface area (Å²) in [5, 5.41) is 19.6. The second-order valence-electron chi connectivity index (χ2n) is 5.65. The Morgan fingerprint density at radius 2 is 2.19 bits per heavy atom. The number of nitrogens with zero attached hydrogens (tertiary/aromatic N) is 2. The number of aryl methyl sites for hydroxylation is 1. The standard InChI is InChI=1S/C16H20N2O3/c1-17-8-6-14-13(10-17)11-4-2-5-12(16(20)21)15(11)18(14)7-3-9-19/h2,4-5,19H,3,6-10H2,1H3,(H,20,21). The van der Waals surface area contributed by atoms with E-state index in [9.17, 15) is 9.90 Å². The van der Waals surface area contributed by atoms with E-state index in [0.717, 1.165) is 30.4 Å². The molecule has 1 aliphatic rings. The fraction of sp³-hybridized carbons (Fsp3) is 0.438. The molecule has 112 valence electrons. The van der Waals surface area contributed by atoms with E-state index >= 15 is 0 Å². The van der Waals surface area contributed by atoms with Gasteiger partial charge in [-0.1, -0.05) is 12.1 Å². The third kappa shape index (κ3) is 2.32. The third-order valence-corrected chi connectivity index (χ3v) is 4.23. The summed E-state index contributed by atoms with van der Waals surface area (Å²) < 4.78 is 2.11. The highest BCUT2D eigenvalue weighted by atomic mass is 16.4. The number of likely N-dealkylation sites (N-methyl/N-ethyl adjacent to an activating group) is 1. The van der Waals surface area contributed by atoms with Crippen molar-refractivity contribution in [1.29, 1.82) is 0 Å². The van der Waals surface area contributed by atoms with Crippen molar-refractivity contribution in [2.45, 2.75) is 25.9 Å². The van der Waals surface area contributed by atoms with Crippen molar-refractivity contribution >= 4 is 16.9 Å². The summed E-state index contributed by atoms with van der Waals surface area (Å²) in [4.78, 5) is 13.8. The molecule has 0 bridgehead atoms. The minimum atomic E-state index is -0.894. The van der Waals surface area contributed by atoms with Crippen LogP contribution < -0.4 is 0 Å². The predicted molar refractivity (Wildman–Crippen MR) is 80.6 cm³/mol. The summed E-state index contributed by atoms with van der Waals surface area (Å²) in [6, 6.07) is 5.49. The van der Waals surface area contributed by atoms with Crippen LogP contribution in [-0.4, -0.2) is 45.8 Å². The predicted octanol–water partition coefficient (Wildman–Crippen LogP) is 1.71. The van der Waals surface area contributed by atoms with Crippen LogP contribution in [0.2, 0.25) is 0 Å². The van der Waals surface area contributed by atoms with Crippen molar-refractivity contribution in [3.63, 3.8) is 0 Å². The van der Waals surface area contributed by atoms with Crippen molar-refractivity contribution in [2.75, 3.05) is 20.2 Å². The van der Waals surface area contributed by atoms with Crippen molar-refractivity contribution in [3.05, 3.63) is 35.0 Å². The quantitative estimate of drug-likeness (QED) is 0.899. The van der Waals surface area contributed by atoms with Crippen LogP contribution in [-0.2, 0) is 19.5 Å². The number of benzene rings is 1. The third-order valence-electron chi connectivity index (χ3n) is 4.23. The van der Waals surface area contributed by atoms with Gasteiger partial charge in [-0.3, -0.25) is 0 Å². The number of aliphatic hydroxyl groups excluding tert-OH is 1. The Morgan fingerprint density at radius 1 is 1.38 bits per heavy atom. The maximum absolute atomic E-state index is 11.5. The molecule has 0 fully saturated rings. The van der Waals surface area contributed by atoms with Crippen LogP contribution in [0.4, 0.5) is 0 Å². The Balaban J connectivity index is 2.27. The van der Waals surface area contributed by atoms with Crippen LogP contribution in [0.3, 0.4) is 0 Å². The van der Waals surface area contributed by atoms with E-state index < -0.39 is 5.97 Å². The van der Waals surface area contributed by atoms with Gasteiger partial charge in [0.2, 0.25) is 0 Å². The average molecular weight is 288 g/mol. The highest BCUT2D eigenvalue weighted by molar-refractivity contribution is 6.04. The summed E-state index contributed by atoms with van der Waals surface area (Å²) in [7, 11) is 2.08. The summed E-state index contributed by atoms with van der Waals surface area (Å²) in [6.45, 7) is 2.60. The van der Waals surface area contributed by atoms with Gasteiger partial charge in [-0.2, -0.15) is 0 Å². The number of carboxylic acid groups (broad SMARTS) is 1. The molecule has 0 saturated heterocycles. The second-order valence-corrected chi connectivity index (χ2v) is 5.65. The van der Waals surface area contributed by atoms with Gasteiger partial charge >= 0.3 is 5.97 Å². The van der Waals surface area contributed by atoms with Crippen molar-refractivity contribution in [3.8, 4) is 0 Å². The fourth-order valence-corrected chi connectivity index (χ4v) is 3.29. The molecule has 5 nitrogen and oxygen atoms in total. The molecule has 0 unspecified atom stereocenters. The second kappa shape index (κ2) is 5.50. The van der Waals surface area contributed by atoms with E-state index in [1.807, 2.05) is 12.1 Å². The first-order valence-electron chi connectivity index (χ1n) is 7.29. The summed E-state index contributed by atoms with van der Waals surface area (Å²) in [5.41, 5.74) is 3.62. The van der Waals surface area contributed by atoms with Crippen molar-refractivity contribution < 1.29 is 15.0 Å². The largest absolute Gasteiger partial charge is 0.478 e. The first-order chi connectivity index (χ1) is 10.1. The van der Waals surface area contributed by atoms with E-state index in [1.165, 1.54) is 11.3 Å². The average Bonchev–Trinajstić information content (AvgIpc) is 2.78. The van der Waals surface area contributed by atoms with E-state index in [0.29, 0.717) is 18.5 Å². The normalized spacial score (nSPS) is 15.3. The van der Waals surface area contributed by atoms with Gasteiger partial charge in [0.25, 0.3) is 0 Å². The van der Waals surface area contributed by atoms with E-state index in [2.05, 4.69) is 16.5 Å². The van der Waals surface area contributed by atoms with Crippen molar-refractivity contribution in [1.82, 2.24) is 9.47 Å². The molecule has 1 aliphatic heterocycles. The number of aromatic carboxylic acids is 1. The molecule has 1 aromatic heterocycles. The molecule has 0 radical (unpaired) electrons. The van der Waals surface area contributed by atoms with Crippen LogP contribution in [0.25, 0.3) is 10.9 Å². The van der Waals surface area contributed by atoms with Gasteiger partial charge in [0.1, 0.15) is 0 Å². The summed E-state index contributed by atoms with van der Waals surface area (Å²) in [6.07, 6.45) is 1.56. The number of fused-ring (bicyclic) bond motifs is 3. The topological polar surface area (TPSA) is 65.7 Å². The molecule has 21 heavy (non-hydrogen) atoms.